The molecule has 0 saturated carbocycles. The first-order valence-electron chi connectivity index (χ1n) is 12.0. The van der Waals surface area contributed by atoms with E-state index in [-0.39, 0.29) is 19.0 Å². The van der Waals surface area contributed by atoms with Crippen molar-refractivity contribution in [2.75, 3.05) is 42.9 Å². The molecule has 0 atom stereocenters. The second-order valence-corrected chi connectivity index (χ2v) is 8.87. The van der Waals surface area contributed by atoms with Crippen LogP contribution in [0.4, 0.5) is 15.9 Å². The topological polar surface area (TPSA) is 100 Å². The highest BCUT2D eigenvalue weighted by atomic mass is 19.1. The predicted octanol–water partition coefficient (Wildman–Crippen LogP) is 2.97. The fourth-order valence-corrected chi connectivity index (χ4v) is 4.56. The van der Waals surface area contributed by atoms with Gasteiger partial charge in [0.25, 0.3) is 0 Å². The van der Waals surface area contributed by atoms with Crippen LogP contribution in [0.1, 0.15) is 16.8 Å². The number of pyridine rings is 1. The first kappa shape index (κ1) is 23.8. The highest BCUT2D eigenvalue weighted by Crippen LogP contribution is 2.28. The third-order valence-electron chi connectivity index (χ3n) is 6.47. The number of amides is 1. The van der Waals surface area contributed by atoms with Crippen LogP contribution in [0.15, 0.2) is 67.0 Å². The van der Waals surface area contributed by atoms with E-state index in [4.69, 9.17) is 5.73 Å². The first-order valence-corrected chi connectivity index (χ1v) is 12.0. The summed E-state index contributed by atoms with van der Waals surface area (Å²) in [6.07, 6.45) is 4.26. The second kappa shape index (κ2) is 10.8. The summed E-state index contributed by atoms with van der Waals surface area (Å²) in [6, 6.07) is 16.4. The SMILES string of the molecule is NCc1ccc(F)cc1NC(=O)CN1CCN(c2nnc(Cc3ccncc3)c3ccccc23)CC1. The maximum atomic E-state index is 13.6. The molecule has 0 unspecified atom stereocenters. The Balaban J connectivity index is 1.24. The predicted molar refractivity (Wildman–Crippen MR) is 138 cm³/mol. The molecule has 1 fully saturated rings. The lowest BCUT2D eigenvalue weighted by atomic mass is 10.0. The number of carbonyl (C=O) groups is 1. The van der Waals surface area contributed by atoms with Crippen LogP contribution in [0.2, 0.25) is 0 Å². The zero-order valence-corrected chi connectivity index (χ0v) is 19.9. The Kier molecular flexibility index (Phi) is 7.11. The lowest BCUT2D eigenvalue weighted by Crippen LogP contribution is -2.49. The maximum absolute atomic E-state index is 13.6. The minimum Gasteiger partial charge on any atom is -0.352 e. The first-order chi connectivity index (χ1) is 17.6. The summed E-state index contributed by atoms with van der Waals surface area (Å²) in [6.45, 7) is 3.31. The van der Waals surface area contributed by atoms with Crippen LogP contribution in [0.25, 0.3) is 10.8 Å². The number of piperazine rings is 1. The fourth-order valence-electron chi connectivity index (χ4n) is 4.56. The van der Waals surface area contributed by atoms with Crippen LogP contribution in [-0.2, 0) is 17.8 Å². The molecule has 9 heteroatoms. The standard InChI is InChI=1S/C27H28FN7O/c28-21-6-5-20(17-29)24(16-21)31-26(36)18-34-11-13-35(14-12-34)27-23-4-2-1-3-22(23)25(32-33-27)15-19-7-9-30-10-8-19/h1-10,16H,11-15,17-18,29H2,(H,31,36). The summed E-state index contributed by atoms with van der Waals surface area (Å²) in [5.41, 5.74) is 8.92. The highest BCUT2D eigenvalue weighted by Gasteiger charge is 2.23. The molecular weight excluding hydrogens is 457 g/mol. The minimum atomic E-state index is -0.406. The number of anilines is 2. The number of fused-ring (bicyclic) bond motifs is 1. The van der Waals surface area contributed by atoms with Crippen molar-refractivity contribution in [3.63, 3.8) is 0 Å². The van der Waals surface area contributed by atoms with Gasteiger partial charge in [0.1, 0.15) is 5.82 Å². The molecule has 184 valence electrons. The van der Waals surface area contributed by atoms with E-state index in [1.165, 1.54) is 12.1 Å². The molecule has 1 aliphatic heterocycles. The van der Waals surface area contributed by atoms with E-state index in [0.29, 0.717) is 30.8 Å². The Morgan fingerprint density at radius 1 is 0.972 bits per heavy atom. The van der Waals surface area contributed by atoms with Crippen molar-refractivity contribution in [3.8, 4) is 0 Å². The summed E-state index contributed by atoms with van der Waals surface area (Å²) in [7, 11) is 0. The Morgan fingerprint density at radius 3 is 2.47 bits per heavy atom. The zero-order chi connectivity index (χ0) is 24.9. The Morgan fingerprint density at radius 2 is 1.72 bits per heavy atom. The van der Waals surface area contributed by atoms with Gasteiger partial charge in [0.15, 0.2) is 5.82 Å². The van der Waals surface area contributed by atoms with Gasteiger partial charge in [-0.25, -0.2) is 4.39 Å². The van der Waals surface area contributed by atoms with Crippen molar-refractivity contribution in [2.24, 2.45) is 5.73 Å². The number of hydrogen-bond acceptors (Lipinski definition) is 7. The van der Waals surface area contributed by atoms with Gasteiger partial charge in [0.2, 0.25) is 5.91 Å². The van der Waals surface area contributed by atoms with Crippen molar-refractivity contribution in [2.45, 2.75) is 13.0 Å². The number of aromatic nitrogens is 3. The van der Waals surface area contributed by atoms with Crippen LogP contribution in [0.3, 0.4) is 0 Å². The summed E-state index contributed by atoms with van der Waals surface area (Å²) >= 11 is 0. The molecule has 3 heterocycles. The van der Waals surface area contributed by atoms with Gasteiger partial charge in [0, 0.05) is 68.0 Å². The number of rotatable bonds is 7. The van der Waals surface area contributed by atoms with E-state index in [1.807, 2.05) is 24.3 Å². The third-order valence-corrected chi connectivity index (χ3v) is 6.47. The summed E-state index contributed by atoms with van der Waals surface area (Å²) < 4.78 is 13.6. The van der Waals surface area contributed by atoms with Crippen LogP contribution in [0.5, 0.6) is 0 Å². The fraction of sp³-hybridized carbons (Fsp3) is 0.259. The quantitative estimate of drug-likeness (QED) is 0.415. The van der Waals surface area contributed by atoms with Crippen LogP contribution >= 0.6 is 0 Å². The molecule has 1 amide bonds. The number of halogens is 1. The Hall–Kier alpha value is -3.95. The molecule has 0 radical (unpaired) electrons. The van der Waals surface area contributed by atoms with Crippen molar-refractivity contribution in [1.82, 2.24) is 20.1 Å². The van der Waals surface area contributed by atoms with Gasteiger partial charge >= 0.3 is 0 Å². The van der Waals surface area contributed by atoms with Gasteiger partial charge in [-0.15, -0.1) is 5.10 Å². The zero-order valence-electron chi connectivity index (χ0n) is 19.9. The van der Waals surface area contributed by atoms with Gasteiger partial charge in [-0.3, -0.25) is 14.7 Å². The molecule has 3 N–H and O–H groups in total. The maximum Gasteiger partial charge on any atom is 0.238 e. The van der Waals surface area contributed by atoms with E-state index < -0.39 is 5.82 Å². The molecular formula is C27H28FN7O. The molecule has 0 spiro atoms. The number of nitrogens with zero attached hydrogens (tertiary/aromatic N) is 5. The van der Waals surface area contributed by atoms with E-state index in [1.54, 1.807) is 18.5 Å². The average Bonchev–Trinajstić information content (AvgIpc) is 2.90. The lowest BCUT2D eigenvalue weighted by molar-refractivity contribution is -0.117. The van der Waals surface area contributed by atoms with Gasteiger partial charge in [-0.2, -0.15) is 5.10 Å². The van der Waals surface area contributed by atoms with Crippen LogP contribution in [0, 0.1) is 5.82 Å². The van der Waals surface area contributed by atoms with Gasteiger partial charge in [-0.1, -0.05) is 30.3 Å². The second-order valence-electron chi connectivity index (χ2n) is 8.87. The minimum absolute atomic E-state index is 0.186. The van der Waals surface area contributed by atoms with Gasteiger partial charge in [0.05, 0.1) is 12.2 Å². The number of hydrogen-bond donors (Lipinski definition) is 2. The van der Waals surface area contributed by atoms with Crippen LogP contribution < -0.4 is 16.0 Å². The van der Waals surface area contributed by atoms with E-state index in [9.17, 15) is 9.18 Å². The monoisotopic (exact) mass is 485 g/mol. The van der Waals surface area contributed by atoms with Gasteiger partial charge in [-0.05, 0) is 35.4 Å². The van der Waals surface area contributed by atoms with E-state index in [2.05, 4.69) is 42.4 Å². The number of nitrogens with two attached hydrogens (primary N) is 1. The molecule has 1 aliphatic rings. The third kappa shape index (κ3) is 5.32. The highest BCUT2D eigenvalue weighted by molar-refractivity contribution is 5.94. The van der Waals surface area contributed by atoms with Gasteiger partial charge < -0.3 is 16.0 Å². The lowest BCUT2D eigenvalue weighted by Gasteiger charge is -2.35. The van der Waals surface area contributed by atoms with Crippen molar-refractivity contribution in [1.29, 1.82) is 0 Å². The number of carbonyl (C=O) groups excluding carboxylic acids is 1. The molecule has 1 saturated heterocycles. The van der Waals surface area contributed by atoms with E-state index in [0.717, 1.165) is 40.9 Å². The molecule has 5 rings (SSSR count). The molecule has 0 aliphatic carbocycles. The van der Waals surface area contributed by atoms with E-state index >= 15 is 0 Å². The number of nitrogens with one attached hydrogen (secondary N) is 1. The van der Waals surface area contributed by atoms with Crippen molar-refractivity contribution < 1.29 is 9.18 Å². The molecule has 4 aromatic rings. The summed E-state index contributed by atoms with van der Waals surface area (Å²) in [5, 5.41) is 14.2. The molecule has 2 aromatic carbocycles. The Bertz CT molecular complexity index is 1360. The Labute approximate surface area is 209 Å². The summed E-state index contributed by atoms with van der Waals surface area (Å²) in [4.78, 5) is 21.0. The average molecular weight is 486 g/mol. The summed E-state index contributed by atoms with van der Waals surface area (Å²) in [5.74, 6) is 0.270. The molecule has 36 heavy (non-hydrogen) atoms. The molecule has 0 bridgehead atoms. The molecule has 2 aromatic heterocycles. The molecule has 8 nitrogen and oxygen atoms in total. The van der Waals surface area contributed by atoms with Crippen LogP contribution in [-0.4, -0.2) is 58.7 Å². The smallest absolute Gasteiger partial charge is 0.238 e. The van der Waals surface area contributed by atoms with Crippen molar-refractivity contribution in [3.05, 3.63) is 89.6 Å². The normalized spacial score (nSPS) is 14.2. The largest absolute Gasteiger partial charge is 0.352 e. The van der Waals surface area contributed by atoms with Crippen molar-refractivity contribution >= 4 is 28.2 Å². The number of benzene rings is 2.